The van der Waals surface area contributed by atoms with Crippen molar-refractivity contribution in [3.8, 4) is 5.75 Å². The second-order valence-electron chi connectivity index (χ2n) is 6.22. The number of nitrogens with two attached hydrogens (primary N) is 1. The normalized spacial score (nSPS) is 18.0. The van der Waals surface area contributed by atoms with Crippen molar-refractivity contribution < 1.29 is 14.3 Å². The summed E-state index contributed by atoms with van der Waals surface area (Å²) in [6, 6.07) is 16.8. The summed E-state index contributed by atoms with van der Waals surface area (Å²) in [4.78, 5) is 11.7. The summed E-state index contributed by atoms with van der Waals surface area (Å²) in [5, 5.41) is 3.21. The van der Waals surface area contributed by atoms with Crippen molar-refractivity contribution in [1.82, 2.24) is 5.32 Å². The van der Waals surface area contributed by atoms with Crippen LogP contribution in [-0.4, -0.2) is 25.2 Å². The molecule has 0 unspecified atom stereocenters. The van der Waals surface area contributed by atoms with Crippen molar-refractivity contribution in [3.05, 3.63) is 65.7 Å². The SMILES string of the molecule is NC(=O)[C@@H](NCc1ccc(OC[C@@H]2CCCO2)cc1)c1ccccc1. The Morgan fingerprint density at radius 2 is 1.96 bits per heavy atom. The van der Waals surface area contributed by atoms with Crippen molar-refractivity contribution in [2.24, 2.45) is 5.73 Å². The van der Waals surface area contributed by atoms with Crippen molar-refractivity contribution in [2.75, 3.05) is 13.2 Å². The summed E-state index contributed by atoms with van der Waals surface area (Å²) in [5.41, 5.74) is 7.45. The molecule has 0 saturated carbocycles. The lowest BCUT2D eigenvalue weighted by molar-refractivity contribution is -0.120. The molecule has 1 heterocycles. The fourth-order valence-corrected chi connectivity index (χ4v) is 2.92. The highest BCUT2D eigenvalue weighted by Gasteiger charge is 2.17. The number of nitrogens with one attached hydrogen (secondary N) is 1. The second kappa shape index (κ2) is 8.65. The van der Waals surface area contributed by atoms with Gasteiger partial charge in [-0.15, -0.1) is 0 Å². The number of hydrogen-bond acceptors (Lipinski definition) is 4. The van der Waals surface area contributed by atoms with E-state index in [9.17, 15) is 4.79 Å². The number of carbonyl (C=O) groups excluding carboxylic acids is 1. The number of amides is 1. The van der Waals surface area contributed by atoms with Crippen LogP contribution in [0.25, 0.3) is 0 Å². The van der Waals surface area contributed by atoms with Gasteiger partial charge < -0.3 is 15.2 Å². The number of primary amides is 1. The van der Waals surface area contributed by atoms with E-state index in [2.05, 4.69) is 5.32 Å². The lowest BCUT2D eigenvalue weighted by Crippen LogP contribution is -2.33. The lowest BCUT2D eigenvalue weighted by Gasteiger charge is -2.16. The smallest absolute Gasteiger partial charge is 0.239 e. The van der Waals surface area contributed by atoms with Gasteiger partial charge >= 0.3 is 0 Å². The number of hydrogen-bond donors (Lipinski definition) is 2. The van der Waals surface area contributed by atoms with E-state index in [1.165, 1.54) is 0 Å². The molecule has 0 aliphatic carbocycles. The van der Waals surface area contributed by atoms with Crippen molar-refractivity contribution >= 4 is 5.91 Å². The molecule has 0 bridgehead atoms. The highest BCUT2D eigenvalue weighted by Crippen LogP contribution is 2.18. The summed E-state index contributed by atoms with van der Waals surface area (Å²) in [6.07, 6.45) is 2.39. The van der Waals surface area contributed by atoms with Gasteiger partial charge in [-0.05, 0) is 36.1 Å². The largest absolute Gasteiger partial charge is 0.491 e. The van der Waals surface area contributed by atoms with Crippen LogP contribution in [0.15, 0.2) is 54.6 Å². The summed E-state index contributed by atoms with van der Waals surface area (Å²) in [6.45, 7) is 1.98. The number of rotatable bonds is 8. The third-order valence-electron chi connectivity index (χ3n) is 4.31. The number of carbonyl (C=O) groups is 1. The van der Waals surface area contributed by atoms with E-state index in [-0.39, 0.29) is 12.0 Å². The Balaban J connectivity index is 1.52. The minimum Gasteiger partial charge on any atom is -0.491 e. The van der Waals surface area contributed by atoms with Crippen LogP contribution in [0.4, 0.5) is 0 Å². The molecule has 2 aromatic carbocycles. The van der Waals surface area contributed by atoms with Gasteiger partial charge in [-0.3, -0.25) is 10.1 Å². The van der Waals surface area contributed by atoms with E-state index >= 15 is 0 Å². The van der Waals surface area contributed by atoms with Gasteiger partial charge in [0.1, 0.15) is 18.4 Å². The Morgan fingerprint density at radius 1 is 1.20 bits per heavy atom. The fourth-order valence-electron chi connectivity index (χ4n) is 2.92. The Hall–Kier alpha value is -2.37. The van der Waals surface area contributed by atoms with Crippen LogP contribution < -0.4 is 15.8 Å². The molecule has 2 atom stereocenters. The van der Waals surface area contributed by atoms with Gasteiger partial charge in [0, 0.05) is 13.2 Å². The van der Waals surface area contributed by atoms with E-state index in [0.717, 1.165) is 36.3 Å². The topological polar surface area (TPSA) is 73.6 Å². The van der Waals surface area contributed by atoms with Crippen LogP contribution in [0.2, 0.25) is 0 Å². The summed E-state index contributed by atoms with van der Waals surface area (Å²) < 4.78 is 11.3. The molecular weight excluding hydrogens is 316 g/mol. The molecule has 5 heteroatoms. The fraction of sp³-hybridized carbons (Fsp3) is 0.350. The average molecular weight is 340 g/mol. The third kappa shape index (κ3) is 5.05. The molecule has 132 valence electrons. The number of benzene rings is 2. The molecular formula is C20H24N2O3. The molecule has 3 rings (SSSR count). The van der Waals surface area contributed by atoms with Gasteiger partial charge in [-0.2, -0.15) is 0 Å². The summed E-state index contributed by atoms with van der Waals surface area (Å²) >= 11 is 0. The first-order chi connectivity index (χ1) is 12.2. The van der Waals surface area contributed by atoms with Crippen LogP contribution >= 0.6 is 0 Å². The zero-order chi connectivity index (χ0) is 17.5. The molecule has 1 amide bonds. The van der Waals surface area contributed by atoms with E-state index in [1.54, 1.807) is 0 Å². The molecule has 0 spiro atoms. The summed E-state index contributed by atoms with van der Waals surface area (Å²) in [5.74, 6) is 0.441. The standard InChI is InChI=1S/C20H24N2O3/c21-20(23)19(16-5-2-1-3-6-16)22-13-15-8-10-17(11-9-15)25-14-18-7-4-12-24-18/h1-3,5-6,8-11,18-19,22H,4,7,12-14H2,(H2,21,23)/t18-,19-/m0/s1. The van der Waals surface area contributed by atoms with Gasteiger partial charge in [0.05, 0.1) is 6.10 Å². The predicted molar refractivity (Wildman–Crippen MR) is 96.1 cm³/mol. The molecule has 1 aliphatic heterocycles. The van der Waals surface area contributed by atoms with Crippen molar-refractivity contribution in [3.63, 3.8) is 0 Å². The molecule has 0 radical (unpaired) electrons. The van der Waals surface area contributed by atoms with E-state index in [0.29, 0.717) is 13.2 Å². The first kappa shape index (κ1) is 17.5. The quantitative estimate of drug-likeness (QED) is 0.774. The maximum atomic E-state index is 11.7. The van der Waals surface area contributed by atoms with Crippen LogP contribution in [0.5, 0.6) is 5.75 Å². The molecule has 1 fully saturated rings. The maximum absolute atomic E-state index is 11.7. The minimum absolute atomic E-state index is 0.212. The highest BCUT2D eigenvalue weighted by molar-refractivity contribution is 5.81. The zero-order valence-electron chi connectivity index (χ0n) is 14.2. The molecule has 1 saturated heterocycles. The molecule has 2 aromatic rings. The van der Waals surface area contributed by atoms with Crippen molar-refractivity contribution in [1.29, 1.82) is 0 Å². The predicted octanol–water partition coefficient (Wildman–Crippen LogP) is 2.56. The molecule has 25 heavy (non-hydrogen) atoms. The van der Waals surface area contributed by atoms with Crippen LogP contribution in [0.1, 0.15) is 30.0 Å². The Labute approximate surface area is 148 Å². The van der Waals surface area contributed by atoms with Gasteiger partial charge in [0.25, 0.3) is 0 Å². The van der Waals surface area contributed by atoms with Gasteiger partial charge in [0.15, 0.2) is 0 Å². The van der Waals surface area contributed by atoms with Gasteiger partial charge in [0.2, 0.25) is 5.91 Å². The first-order valence-electron chi connectivity index (χ1n) is 8.63. The Kier molecular flexibility index (Phi) is 6.04. The Morgan fingerprint density at radius 3 is 2.60 bits per heavy atom. The third-order valence-corrected chi connectivity index (χ3v) is 4.31. The van der Waals surface area contributed by atoms with Crippen LogP contribution in [-0.2, 0) is 16.1 Å². The minimum atomic E-state index is -0.503. The molecule has 5 nitrogen and oxygen atoms in total. The maximum Gasteiger partial charge on any atom is 0.239 e. The van der Waals surface area contributed by atoms with E-state index in [4.69, 9.17) is 15.2 Å². The van der Waals surface area contributed by atoms with Gasteiger partial charge in [-0.25, -0.2) is 0 Å². The molecule has 1 aliphatic rings. The molecule has 0 aromatic heterocycles. The molecule has 3 N–H and O–H groups in total. The second-order valence-corrected chi connectivity index (χ2v) is 6.22. The zero-order valence-corrected chi connectivity index (χ0v) is 14.2. The average Bonchev–Trinajstić information content (AvgIpc) is 3.15. The van der Waals surface area contributed by atoms with Crippen LogP contribution in [0.3, 0.4) is 0 Å². The number of ether oxygens (including phenoxy) is 2. The summed E-state index contributed by atoms with van der Waals surface area (Å²) in [7, 11) is 0. The van der Waals surface area contributed by atoms with E-state index in [1.807, 2.05) is 54.6 Å². The monoisotopic (exact) mass is 340 g/mol. The van der Waals surface area contributed by atoms with Gasteiger partial charge in [-0.1, -0.05) is 42.5 Å². The first-order valence-corrected chi connectivity index (χ1v) is 8.63. The van der Waals surface area contributed by atoms with E-state index < -0.39 is 6.04 Å². The lowest BCUT2D eigenvalue weighted by atomic mass is 10.1. The van der Waals surface area contributed by atoms with Crippen LogP contribution in [0, 0.1) is 0 Å². The highest BCUT2D eigenvalue weighted by atomic mass is 16.5. The van der Waals surface area contributed by atoms with Crippen molar-refractivity contribution in [2.45, 2.75) is 31.5 Å². The Bertz CT molecular complexity index is 667.